The zero-order chi connectivity index (χ0) is 37.1. The highest BCUT2D eigenvalue weighted by Crippen LogP contribution is 2.46. The van der Waals surface area contributed by atoms with E-state index in [9.17, 15) is 0 Å². The Bertz CT molecular complexity index is 2300. The van der Waals surface area contributed by atoms with Crippen LogP contribution in [0, 0.1) is 18.8 Å². The van der Waals surface area contributed by atoms with Crippen molar-refractivity contribution in [3.8, 4) is 23.0 Å². The number of benzene rings is 3. The van der Waals surface area contributed by atoms with E-state index >= 15 is 0 Å². The van der Waals surface area contributed by atoms with Crippen molar-refractivity contribution in [2.75, 3.05) is 0 Å². The van der Waals surface area contributed by atoms with Gasteiger partial charge in [0.1, 0.15) is 17.3 Å². The van der Waals surface area contributed by atoms with Crippen molar-refractivity contribution in [1.82, 2.24) is 19.3 Å². The predicted octanol–water partition coefficient (Wildman–Crippen LogP) is 12.7. The minimum atomic E-state index is -0.126. The van der Waals surface area contributed by atoms with E-state index in [1.54, 1.807) is 0 Å². The molecule has 270 valence electrons. The van der Waals surface area contributed by atoms with Gasteiger partial charge >= 0.3 is 0 Å². The Labute approximate surface area is 310 Å². The zero-order valence-electron chi connectivity index (χ0n) is 33.1. The topological polar surface area (TPSA) is 44.9 Å². The lowest BCUT2D eigenvalue weighted by molar-refractivity contribution is 0.385. The number of hydrogen-bond donors (Lipinski definition) is 0. The number of fused-ring (bicyclic) bond motifs is 3. The molecule has 0 amide bonds. The van der Waals surface area contributed by atoms with Crippen molar-refractivity contribution in [2.45, 2.75) is 112 Å². The van der Waals surface area contributed by atoms with E-state index in [4.69, 9.17) is 14.8 Å². The number of allylic oxidation sites excluding steroid dienone is 2. The molecule has 5 heteroatoms. The smallest absolute Gasteiger partial charge is 0.137 e. The van der Waals surface area contributed by atoms with Crippen molar-refractivity contribution in [1.29, 1.82) is 0 Å². The molecule has 6 aromatic rings. The summed E-state index contributed by atoms with van der Waals surface area (Å²) in [5.41, 5.74) is 10.8. The normalized spacial score (nSPS) is 18.3. The third-order valence-corrected chi connectivity index (χ3v) is 10.9. The second kappa shape index (κ2) is 13.4. The Hall–Kier alpha value is -4.64. The number of rotatable bonds is 7. The SMILES string of the molecule is CCCc1ccnc(-n2c3ccccc3c3ccc(Oc4cc(-n5nc(C)c([C@H]6C(C)=C[C@H](C)C[C@@H]6C)c5C(C)(C)C)cc(C(C)(C)C)c4)cc32)c1. The van der Waals surface area contributed by atoms with Gasteiger partial charge in [-0.25, -0.2) is 9.67 Å². The number of nitrogens with zero attached hydrogens (tertiary/aromatic N) is 4. The van der Waals surface area contributed by atoms with Crippen molar-refractivity contribution < 1.29 is 4.74 Å². The van der Waals surface area contributed by atoms with E-state index in [0.717, 1.165) is 52.6 Å². The molecule has 0 unspecified atom stereocenters. The average molecular weight is 693 g/mol. The standard InChI is InChI=1S/C47H56N4O/c1-12-15-33-20-21-48-42(24-33)50-40-17-14-13-16-38(40)39-19-18-36(28-41(39)50)52-37-26-34(46(6,7)8)25-35(27-37)51-45(47(9,10)11)44(32(5)49-51)43-30(3)22-29(2)23-31(43)4/h13-14,16-22,24-29,31,43H,12,15,23H2,1-11H3/t29-,31-,43-/m0/s1. The summed E-state index contributed by atoms with van der Waals surface area (Å²) in [5, 5.41) is 7.72. The van der Waals surface area contributed by atoms with E-state index in [2.05, 4.69) is 164 Å². The Morgan fingerprint density at radius 2 is 1.56 bits per heavy atom. The molecular formula is C47H56N4O. The Kier molecular flexibility index (Phi) is 9.21. The van der Waals surface area contributed by atoms with Gasteiger partial charge in [-0.15, -0.1) is 0 Å². The van der Waals surface area contributed by atoms with Crippen molar-refractivity contribution >= 4 is 21.8 Å². The fourth-order valence-electron chi connectivity index (χ4n) is 8.75. The third kappa shape index (κ3) is 6.59. The van der Waals surface area contributed by atoms with Crippen LogP contribution in [0.15, 0.2) is 90.6 Å². The third-order valence-electron chi connectivity index (χ3n) is 10.9. The van der Waals surface area contributed by atoms with Crippen LogP contribution in [0.2, 0.25) is 0 Å². The monoisotopic (exact) mass is 692 g/mol. The molecule has 1 aliphatic rings. The van der Waals surface area contributed by atoms with Gasteiger partial charge in [0.15, 0.2) is 0 Å². The summed E-state index contributed by atoms with van der Waals surface area (Å²) in [4.78, 5) is 4.85. The first-order valence-electron chi connectivity index (χ1n) is 19.2. The number of para-hydroxylation sites is 1. The number of pyridine rings is 1. The number of aryl methyl sites for hydroxylation is 2. The Balaban J connectivity index is 1.37. The molecule has 7 rings (SSSR count). The first-order valence-corrected chi connectivity index (χ1v) is 19.2. The molecule has 3 aromatic heterocycles. The predicted molar refractivity (Wildman–Crippen MR) is 218 cm³/mol. The molecule has 0 spiro atoms. The highest BCUT2D eigenvalue weighted by molar-refractivity contribution is 6.09. The molecule has 5 nitrogen and oxygen atoms in total. The van der Waals surface area contributed by atoms with Gasteiger partial charge in [0.05, 0.1) is 28.1 Å². The van der Waals surface area contributed by atoms with Crippen LogP contribution in [0.3, 0.4) is 0 Å². The Morgan fingerprint density at radius 1 is 0.808 bits per heavy atom. The van der Waals surface area contributed by atoms with Gasteiger partial charge in [-0.2, -0.15) is 5.10 Å². The fraction of sp³-hybridized carbons (Fsp3) is 0.404. The number of aromatic nitrogens is 4. The highest BCUT2D eigenvalue weighted by Gasteiger charge is 2.36. The summed E-state index contributed by atoms with van der Waals surface area (Å²) < 4.78 is 11.4. The second-order valence-corrected chi connectivity index (χ2v) is 17.5. The highest BCUT2D eigenvalue weighted by atomic mass is 16.5. The zero-order valence-corrected chi connectivity index (χ0v) is 33.1. The van der Waals surface area contributed by atoms with Crippen molar-refractivity contribution in [2.24, 2.45) is 11.8 Å². The Morgan fingerprint density at radius 3 is 2.27 bits per heavy atom. The lowest BCUT2D eigenvalue weighted by Crippen LogP contribution is -2.25. The minimum absolute atomic E-state index is 0.0973. The molecule has 3 heterocycles. The molecule has 0 saturated carbocycles. The van der Waals surface area contributed by atoms with Gasteiger partial charge < -0.3 is 4.74 Å². The van der Waals surface area contributed by atoms with Gasteiger partial charge in [0, 0.05) is 46.0 Å². The van der Waals surface area contributed by atoms with Gasteiger partial charge in [-0.3, -0.25) is 4.57 Å². The summed E-state index contributed by atoms with van der Waals surface area (Å²) in [6, 6.07) is 26.1. The van der Waals surface area contributed by atoms with Crippen LogP contribution in [0.1, 0.15) is 116 Å². The maximum atomic E-state index is 6.87. The molecular weight excluding hydrogens is 637 g/mol. The summed E-state index contributed by atoms with van der Waals surface area (Å²) in [6.45, 7) is 25.3. The van der Waals surface area contributed by atoms with Crippen molar-refractivity contribution in [3.05, 3.63) is 119 Å². The summed E-state index contributed by atoms with van der Waals surface area (Å²) in [7, 11) is 0. The van der Waals surface area contributed by atoms with Gasteiger partial charge in [-0.1, -0.05) is 98.6 Å². The van der Waals surface area contributed by atoms with Crippen LogP contribution < -0.4 is 4.74 Å². The van der Waals surface area contributed by atoms with Crippen molar-refractivity contribution in [3.63, 3.8) is 0 Å². The average Bonchev–Trinajstić information content (AvgIpc) is 3.59. The van der Waals surface area contributed by atoms with E-state index in [1.165, 1.54) is 45.2 Å². The van der Waals surface area contributed by atoms with Gasteiger partial charge in [-0.05, 0) is 97.5 Å². The molecule has 0 bridgehead atoms. The number of ether oxygens (including phenoxy) is 1. The van der Waals surface area contributed by atoms with E-state index < -0.39 is 0 Å². The number of hydrogen-bond acceptors (Lipinski definition) is 3. The molecule has 1 aliphatic carbocycles. The second-order valence-electron chi connectivity index (χ2n) is 17.5. The van der Waals surface area contributed by atoms with Gasteiger partial charge in [0.2, 0.25) is 0 Å². The van der Waals surface area contributed by atoms with E-state index in [1.807, 2.05) is 6.20 Å². The lowest BCUT2D eigenvalue weighted by Gasteiger charge is -2.34. The van der Waals surface area contributed by atoms with Gasteiger partial charge in [0.25, 0.3) is 0 Å². The first kappa shape index (κ1) is 35.7. The molecule has 0 aliphatic heterocycles. The van der Waals surface area contributed by atoms with Crippen LogP contribution in [-0.4, -0.2) is 19.3 Å². The first-order chi connectivity index (χ1) is 24.6. The molecule has 0 fully saturated rings. The molecule has 0 N–H and O–H groups in total. The van der Waals surface area contributed by atoms with Crippen LogP contribution in [0.5, 0.6) is 11.5 Å². The summed E-state index contributed by atoms with van der Waals surface area (Å²) in [6.07, 6.45) is 7.72. The van der Waals surface area contributed by atoms with Crippen LogP contribution in [0.25, 0.3) is 33.3 Å². The summed E-state index contributed by atoms with van der Waals surface area (Å²) in [5.74, 6) is 4.03. The molecule has 52 heavy (non-hydrogen) atoms. The van der Waals surface area contributed by atoms with Crippen LogP contribution in [-0.2, 0) is 17.3 Å². The summed E-state index contributed by atoms with van der Waals surface area (Å²) >= 11 is 0. The minimum Gasteiger partial charge on any atom is -0.457 e. The van der Waals surface area contributed by atoms with Crippen LogP contribution in [0.4, 0.5) is 0 Å². The van der Waals surface area contributed by atoms with E-state index in [0.29, 0.717) is 17.8 Å². The maximum absolute atomic E-state index is 6.87. The molecule has 0 saturated heterocycles. The lowest BCUT2D eigenvalue weighted by atomic mass is 9.70. The molecule has 0 radical (unpaired) electrons. The van der Waals surface area contributed by atoms with Crippen LogP contribution >= 0.6 is 0 Å². The maximum Gasteiger partial charge on any atom is 0.137 e. The largest absolute Gasteiger partial charge is 0.457 e. The fourth-order valence-corrected chi connectivity index (χ4v) is 8.75. The quantitative estimate of drug-likeness (QED) is 0.156. The molecule has 3 aromatic carbocycles. The molecule has 3 atom stereocenters. The van der Waals surface area contributed by atoms with E-state index in [-0.39, 0.29) is 10.8 Å².